The number of hydrazone groups is 1. The number of carbonyl (C=O) groups is 4. The molecule has 0 aromatic heterocycles. The van der Waals surface area contributed by atoms with E-state index in [0.29, 0.717) is 11.4 Å². The smallest absolute Gasteiger partial charge is 0.328 e. The summed E-state index contributed by atoms with van der Waals surface area (Å²) >= 11 is 4.60. The van der Waals surface area contributed by atoms with Crippen LogP contribution in [0.25, 0.3) is 0 Å². The maximum atomic E-state index is 12.5. The van der Waals surface area contributed by atoms with Crippen LogP contribution in [0.5, 0.6) is 5.75 Å². The van der Waals surface area contributed by atoms with Gasteiger partial charge >= 0.3 is 6.03 Å². The molecule has 1 saturated heterocycles. The number of urea groups is 1. The number of nitrogens with one attached hydrogen (secondary N) is 4. The highest BCUT2D eigenvalue weighted by molar-refractivity contribution is 7.80. The van der Waals surface area contributed by atoms with Gasteiger partial charge in [0.15, 0.2) is 11.0 Å². The zero-order valence-corrected chi connectivity index (χ0v) is 14.2. The van der Waals surface area contributed by atoms with Crippen molar-refractivity contribution in [3.63, 3.8) is 0 Å². The average Bonchev–Trinajstić information content (AvgIpc) is 2.56. The summed E-state index contributed by atoms with van der Waals surface area (Å²) in [5, 5.41) is 9.58. The highest BCUT2D eigenvalue weighted by Gasteiger charge is 2.41. The normalized spacial score (nSPS) is 15.0. The van der Waals surface area contributed by atoms with Gasteiger partial charge in [0, 0.05) is 11.8 Å². The Hall–Kier alpha value is -3.54. The first kappa shape index (κ1) is 18.8. The molecule has 6 N–H and O–H groups in total. The number of carbonyl (C=O) groups excluding carboxylic acids is 4. The Balaban J connectivity index is 2.31. The SMILES string of the molecule is COc1cccc(NC(=O)/C(=N\NC(N)=S)C2C(=O)NC(=O)NC2=O)c1. The topological polar surface area (TPSA) is 164 Å². The third-order valence-electron chi connectivity index (χ3n) is 3.12. The van der Waals surface area contributed by atoms with E-state index in [1.807, 2.05) is 10.6 Å². The summed E-state index contributed by atoms with van der Waals surface area (Å²) in [4.78, 5) is 47.7. The molecule has 0 unspecified atom stereocenters. The number of imide groups is 2. The van der Waals surface area contributed by atoms with Crippen LogP contribution in [0.3, 0.4) is 0 Å². The van der Waals surface area contributed by atoms with Crippen molar-refractivity contribution in [1.29, 1.82) is 0 Å². The molecule has 12 heteroatoms. The largest absolute Gasteiger partial charge is 0.497 e. The number of methoxy groups -OCH3 is 1. The number of benzene rings is 1. The van der Waals surface area contributed by atoms with Crippen molar-refractivity contribution in [2.45, 2.75) is 0 Å². The first-order valence-corrected chi connectivity index (χ1v) is 7.46. The van der Waals surface area contributed by atoms with Crippen LogP contribution >= 0.6 is 12.2 Å². The minimum atomic E-state index is -1.68. The van der Waals surface area contributed by atoms with E-state index in [9.17, 15) is 19.2 Å². The summed E-state index contributed by atoms with van der Waals surface area (Å²) < 4.78 is 5.04. The van der Waals surface area contributed by atoms with Crippen molar-refractivity contribution in [1.82, 2.24) is 16.1 Å². The molecule has 1 aliphatic rings. The van der Waals surface area contributed by atoms with Crippen LogP contribution in [-0.4, -0.2) is 41.7 Å². The lowest BCUT2D eigenvalue weighted by Crippen LogP contribution is -2.59. The number of nitrogens with two attached hydrogens (primary N) is 1. The van der Waals surface area contributed by atoms with E-state index in [4.69, 9.17) is 10.5 Å². The Morgan fingerprint density at radius 3 is 2.50 bits per heavy atom. The van der Waals surface area contributed by atoms with Crippen molar-refractivity contribution in [3.8, 4) is 5.75 Å². The van der Waals surface area contributed by atoms with Crippen LogP contribution in [0.15, 0.2) is 29.4 Å². The molecule has 1 heterocycles. The van der Waals surface area contributed by atoms with Gasteiger partial charge in [-0.05, 0) is 24.4 Å². The van der Waals surface area contributed by atoms with E-state index in [1.54, 1.807) is 18.2 Å². The van der Waals surface area contributed by atoms with Crippen LogP contribution in [0.4, 0.5) is 10.5 Å². The number of barbiturate groups is 1. The van der Waals surface area contributed by atoms with Crippen LogP contribution in [0.1, 0.15) is 0 Å². The molecule has 2 rings (SSSR count). The molecule has 136 valence electrons. The van der Waals surface area contributed by atoms with Crippen LogP contribution in [-0.2, 0) is 14.4 Å². The third-order valence-corrected chi connectivity index (χ3v) is 3.21. The number of thiocarbonyl (C=S) groups is 1. The zero-order valence-electron chi connectivity index (χ0n) is 13.4. The Kier molecular flexibility index (Phi) is 5.80. The predicted octanol–water partition coefficient (Wildman–Crippen LogP) is -1.19. The number of anilines is 1. The first-order chi connectivity index (χ1) is 12.3. The lowest BCUT2D eigenvalue weighted by molar-refractivity contribution is -0.133. The molecular weight excluding hydrogens is 364 g/mol. The molecule has 0 atom stereocenters. The van der Waals surface area contributed by atoms with Gasteiger partial charge in [0.2, 0.25) is 11.8 Å². The molecule has 0 bridgehead atoms. The quantitative estimate of drug-likeness (QED) is 0.185. The number of nitrogens with zero attached hydrogens (tertiary/aromatic N) is 1. The Labute approximate surface area is 152 Å². The second-order valence-electron chi connectivity index (χ2n) is 4.90. The van der Waals surface area contributed by atoms with E-state index < -0.39 is 35.4 Å². The molecule has 1 aromatic carbocycles. The second kappa shape index (κ2) is 8.02. The van der Waals surface area contributed by atoms with E-state index in [1.165, 1.54) is 13.2 Å². The van der Waals surface area contributed by atoms with Crippen molar-refractivity contribution < 1.29 is 23.9 Å². The van der Waals surface area contributed by atoms with Crippen LogP contribution < -0.4 is 31.8 Å². The van der Waals surface area contributed by atoms with Crippen molar-refractivity contribution in [3.05, 3.63) is 24.3 Å². The summed E-state index contributed by atoms with van der Waals surface area (Å²) in [6, 6.07) is 5.36. The highest BCUT2D eigenvalue weighted by atomic mass is 32.1. The summed E-state index contributed by atoms with van der Waals surface area (Å²) in [7, 11) is 1.45. The fraction of sp³-hybridized carbons (Fsp3) is 0.143. The molecule has 11 nitrogen and oxygen atoms in total. The molecule has 0 spiro atoms. The van der Waals surface area contributed by atoms with Gasteiger partial charge in [-0.15, -0.1) is 0 Å². The Morgan fingerprint density at radius 1 is 1.27 bits per heavy atom. The lowest BCUT2D eigenvalue weighted by atomic mass is 9.99. The zero-order chi connectivity index (χ0) is 19.3. The molecule has 0 saturated carbocycles. The predicted molar refractivity (Wildman–Crippen MR) is 94.2 cm³/mol. The minimum Gasteiger partial charge on any atom is -0.497 e. The second-order valence-corrected chi connectivity index (χ2v) is 5.34. The van der Waals surface area contributed by atoms with E-state index in [2.05, 4.69) is 28.1 Å². The molecule has 1 fully saturated rings. The standard InChI is InChI=1S/C14H14N6O5S/c1-25-7-4-2-3-6(5-7)16-12(23)9(19-20-13(15)26)8-10(21)17-14(24)18-11(8)22/h2-5,8H,1H3,(H,16,23)(H3,15,20,26)(H2,17,18,21,22,24)/b19-9-. The molecule has 26 heavy (non-hydrogen) atoms. The molecule has 0 aliphatic carbocycles. The molecule has 0 radical (unpaired) electrons. The molecule has 5 amide bonds. The van der Waals surface area contributed by atoms with Crippen LogP contribution in [0, 0.1) is 5.92 Å². The van der Waals surface area contributed by atoms with Crippen LogP contribution in [0.2, 0.25) is 0 Å². The maximum Gasteiger partial charge on any atom is 0.328 e. The maximum absolute atomic E-state index is 12.5. The molecular formula is C14H14N6O5S. The summed E-state index contributed by atoms with van der Waals surface area (Å²) in [5.41, 5.74) is 7.20. The minimum absolute atomic E-state index is 0.288. The van der Waals surface area contributed by atoms with Crippen molar-refractivity contribution in [2.75, 3.05) is 12.4 Å². The lowest BCUT2D eigenvalue weighted by Gasteiger charge is -2.21. The van der Waals surface area contributed by atoms with E-state index in [-0.39, 0.29) is 5.11 Å². The number of hydrogen-bond acceptors (Lipinski definition) is 7. The monoisotopic (exact) mass is 378 g/mol. The van der Waals surface area contributed by atoms with E-state index in [0.717, 1.165) is 0 Å². The van der Waals surface area contributed by atoms with Gasteiger partial charge in [0.1, 0.15) is 11.5 Å². The average molecular weight is 378 g/mol. The van der Waals surface area contributed by atoms with Gasteiger partial charge in [0.05, 0.1) is 7.11 Å². The van der Waals surface area contributed by atoms with Gasteiger partial charge in [-0.2, -0.15) is 5.10 Å². The number of ether oxygens (including phenoxy) is 1. The summed E-state index contributed by atoms with van der Waals surface area (Å²) in [6.07, 6.45) is 0. The summed E-state index contributed by atoms with van der Waals surface area (Å²) in [6.45, 7) is 0. The molecule has 1 aromatic rings. The van der Waals surface area contributed by atoms with Crippen molar-refractivity contribution >= 4 is 52.5 Å². The van der Waals surface area contributed by atoms with Gasteiger partial charge < -0.3 is 15.8 Å². The van der Waals surface area contributed by atoms with Gasteiger partial charge in [-0.1, -0.05) is 6.07 Å². The Morgan fingerprint density at radius 2 is 1.92 bits per heavy atom. The molecule has 1 aliphatic heterocycles. The van der Waals surface area contributed by atoms with Crippen molar-refractivity contribution in [2.24, 2.45) is 16.8 Å². The number of rotatable bonds is 5. The van der Waals surface area contributed by atoms with Gasteiger partial charge in [-0.3, -0.25) is 30.4 Å². The van der Waals surface area contributed by atoms with E-state index >= 15 is 0 Å². The summed E-state index contributed by atoms with van der Waals surface area (Å²) in [5.74, 6) is -4.11. The van der Waals surface area contributed by atoms with Gasteiger partial charge in [0.25, 0.3) is 5.91 Å². The Bertz CT molecular complexity index is 804. The fourth-order valence-corrected chi connectivity index (χ4v) is 2.07. The van der Waals surface area contributed by atoms with Gasteiger partial charge in [-0.25, -0.2) is 4.79 Å². The fourth-order valence-electron chi connectivity index (χ4n) is 2.02. The third kappa shape index (κ3) is 4.51. The number of hydrogen-bond donors (Lipinski definition) is 5. The number of amides is 5. The first-order valence-electron chi connectivity index (χ1n) is 7.06. The highest BCUT2D eigenvalue weighted by Crippen LogP contribution is 2.17.